The molecular weight excluding hydrogens is 174 g/mol. The van der Waals surface area contributed by atoms with Crippen LogP contribution >= 0.6 is 0 Å². The number of aliphatic hydroxyl groups excluding tert-OH is 1. The molecule has 0 fully saturated rings. The topological polar surface area (TPSA) is 32.3 Å². The Bertz CT molecular complexity index is 249. The van der Waals surface area contributed by atoms with Gasteiger partial charge in [-0.05, 0) is 32.8 Å². The summed E-state index contributed by atoms with van der Waals surface area (Å²) in [5, 5.41) is 13.6. The molecule has 1 aliphatic heterocycles. The molecule has 2 N–H and O–H groups in total. The quantitative estimate of drug-likeness (QED) is 0.713. The van der Waals surface area contributed by atoms with Gasteiger partial charge in [0.1, 0.15) is 0 Å². The van der Waals surface area contributed by atoms with E-state index < -0.39 is 0 Å². The molecule has 1 heterocycles. The molecule has 0 aliphatic carbocycles. The first-order valence-corrected chi connectivity index (χ1v) is 5.58. The summed E-state index contributed by atoms with van der Waals surface area (Å²) >= 11 is 0. The van der Waals surface area contributed by atoms with Gasteiger partial charge >= 0.3 is 0 Å². The van der Waals surface area contributed by atoms with Gasteiger partial charge in [-0.1, -0.05) is 20.8 Å². The third-order valence-electron chi connectivity index (χ3n) is 3.91. The average molecular weight is 197 g/mol. The van der Waals surface area contributed by atoms with Crippen LogP contribution in [0.25, 0.3) is 0 Å². The molecule has 1 aliphatic rings. The van der Waals surface area contributed by atoms with Gasteiger partial charge in [-0.2, -0.15) is 0 Å². The number of hydrogen-bond acceptors (Lipinski definition) is 2. The summed E-state index contributed by atoms with van der Waals surface area (Å²) in [7, 11) is 0. The van der Waals surface area contributed by atoms with Gasteiger partial charge < -0.3 is 10.4 Å². The molecule has 0 amide bonds. The smallest absolute Gasteiger partial charge is 0.0947 e. The van der Waals surface area contributed by atoms with Crippen molar-refractivity contribution in [2.45, 2.75) is 58.5 Å². The first-order chi connectivity index (χ1) is 6.37. The zero-order chi connectivity index (χ0) is 11.0. The van der Waals surface area contributed by atoms with Crippen molar-refractivity contribution in [3.63, 3.8) is 0 Å². The second kappa shape index (κ2) is 3.58. The highest BCUT2D eigenvalue weighted by Gasteiger charge is 2.41. The Labute approximate surface area is 87.4 Å². The second-order valence-electron chi connectivity index (χ2n) is 4.96. The third kappa shape index (κ3) is 1.81. The van der Waals surface area contributed by atoms with Crippen molar-refractivity contribution in [2.75, 3.05) is 0 Å². The van der Waals surface area contributed by atoms with Crippen LogP contribution in [0.3, 0.4) is 0 Å². The Morgan fingerprint density at radius 3 is 2.36 bits per heavy atom. The summed E-state index contributed by atoms with van der Waals surface area (Å²) in [4.78, 5) is 0. The van der Waals surface area contributed by atoms with Crippen molar-refractivity contribution in [3.8, 4) is 0 Å². The van der Waals surface area contributed by atoms with Crippen molar-refractivity contribution in [3.05, 3.63) is 11.8 Å². The van der Waals surface area contributed by atoms with E-state index >= 15 is 0 Å². The lowest BCUT2D eigenvalue weighted by molar-refractivity contribution is 0.138. The van der Waals surface area contributed by atoms with Crippen LogP contribution in [0.4, 0.5) is 0 Å². The first kappa shape index (κ1) is 11.6. The highest BCUT2D eigenvalue weighted by atomic mass is 16.3. The standard InChI is InChI=1S/C12H23NO/c1-6-11(4)8-10(14)9(3)12(5,7-2)13-11/h8-9,13-14H,6-7H2,1-5H3. The van der Waals surface area contributed by atoms with E-state index in [1.54, 1.807) is 0 Å². The normalized spacial score (nSPS) is 43.5. The van der Waals surface area contributed by atoms with Gasteiger partial charge in [0.05, 0.1) is 5.76 Å². The molecule has 2 nitrogen and oxygen atoms in total. The monoisotopic (exact) mass is 197 g/mol. The molecule has 3 unspecified atom stereocenters. The first-order valence-electron chi connectivity index (χ1n) is 5.58. The molecule has 0 radical (unpaired) electrons. The van der Waals surface area contributed by atoms with E-state index in [1.165, 1.54) is 0 Å². The molecule has 0 aromatic heterocycles. The van der Waals surface area contributed by atoms with Crippen molar-refractivity contribution >= 4 is 0 Å². The fraction of sp³-hybridized carbons (Fsp3) is 0.833. The van der Waals surface area contributed by atoms with Crippen molar-refractivity contribution in [1.29, 1.82) is 0 Å². The van der Waals surface area contributed by atoms with E-state index in [-0.39, 0.29) is 17.0 Å². The van der Waals surface area contributed by atoms with Crippen LogP contribution < -0.4 is 5.32 Å². The summed E-state index contributed by atoms with van der Waals surface area (Å²) in [6.45, 7) is 10.7. The van der Waals surface area contributed by atoms with E-state index in [1.807, 2.05) is 6.08 Å². The fourth-order valence-corrected chi connectivity index (χ4v) is 2.16. The van der Waals surface area contributed by atoms with Gasteiger partial charge in [0, 0.05) is 17.0 Å². The zero-order valence-electron chi connectivity index (χ0n) is 10.0. The van der Waals surface area contributed by atoms with Gasteiger partial charge in [0.25, 0.3) is 0 Å². The number of aliphatic hydroxyl groups is 1. The SMILES string of the molecule is CCC1(C)C=C(O)C(C)C(C)(CC)N1. The molecule has 0 spiro atoms. The maximum absolute atomic E-state index is 9.93. The van der Waals surface area contributed by atoms with Crippen molar-refractivity contribution in [1.82, 2.24) is 5.32 Å². The van der Waals surface area contributed by atoms with Crippen LogP contribution in [-0.4, -0.2) is 16.2 Å². The minimum absolute atomic E-state index is 0.0175. The lowest BCUT2D eigenvalue weighted by Gasteiger charge is -2.47. The minimum Gasteiger partial charge on any atom is -0.512 e. The Kier molecular flexibility index (Phi) is 2.96. The zero-order valence-corrected chi connectivity index (χ0v) is 10.0. The predicted octanol–water partition coefficient (Wildman–Crippen LogP) is 3.01. The van der Waals surface area contributed by atoms with Crippen LogP contribution in [-0.2, 0) is 0 Å². The van der Waals surface area contributed by atoms with Crippen LogP contribution in [0.1, 0.15) is 47.5 Å². The van der Waals surface area contributed by atoms with Crippen LogP contribution in [0, 0.1) is 5.92 Å². The van der Waals surface area contributed by atoms with Crippen molar-refractivity contribution in [2.24, 2.45) is 5.92 Å². The van der Waals surface area contributed by atoms with Gasteiger partial charge in [0.15, 0.2) is 0 Å². The van der Waals surface area contributed by atoms with Crippen LogP contribution in [0.15, 0.2) is 11.8 Å². The maximum atomic E-state index is 9.93. The molecule has 0 saturated heterocycles. The van der Waals surface area contributed by atoms with Crippen LogP contribution in [0.5, 0.6) is 0 Å². The van der Waals surface area contributed by atoms with Gasteiger partial charge in [-0.25, -0.2) is 0 Å². The Morgan fingerprint density at radius 2 is 1.93 bits per heavy atom. The molecule has 1 rings (SSSR count). The van der Waals surface area contributed by atoms with E-state index in [4.69, 9.17) is 0 Å². The third-order valence-corrected chi connectivity index (χ3v) is 3.91. The molecule has 0 bridgehead atoms. The second-order valence-corrected chi connectivity index (χ2v) is 4.96. The lowest BCUT2D eigenvalue weighted by atomic mass is 9.75. The summed E-state index contributed by atoms with van der Waals surface area (Å²) in [5.74, 6) is 0.740. The molecule has 0 aromatic rings. The largest absolute Gasteiger partial charge is 0.512 e. The van der Waals surface area contributed by atoms with Crippen molar-refractivity contribution < 1.29 is 5.11 Å². The summed E-state index contributed by atoms with van der Waals surface area (Å²) < 4.78 is 0. The Balaban J connectivity index is 3.04. The van der Waals surface area contributed by atoms with Gasteiger partial charge in [-0.15, -0.1) is 0 Å². The summed E-state index contributed by atoms with van der Waals surface area (Å²) in [6.07, 6.45) is 4.00. The number of nitrogens with one attached hydrogen (secondary N) is 1. The molecule has 3 atom stereocenters. The van der Waals surface area contributed by atoms with E-state index in [2.05, 4.69) is 39.9 Å². The number of rotatable bonds is 2. The van der Waals surface area contributed by atoms with E-state index in [0.29, 0.717) is 5.76 Å². The maximum Gasteiger partial charge on any atom is 0.0947 e. The van der Waals surface area contributed by atoms with Gasteiger partial charge in [0.2, 0.25) is 0 Å². The fourth-order valence-electron chi connectivity index (χ4n) is 2.16. The Morgan fingerprint density at radius 1 is 1.36 bits per heavy atom. The predicted molar refractivity (Wildman–Crippen MR) is 60.4 cm³/mol. The molecular formula is C12H23NO. The van der Waals surface area contributed by atoms with Crippen LogP contribution in [0.2, 0.25) is 0 Å². The van der Waals surface area contributed by atoms with E-state index in [0.717, 1.165) is 12.8 Å². The highest BCUT2D eigenvalue weighted by Crippen LogP contribution is 2.35. The molecule has 0 aromatic carbocycles. The average Bonchev–Trinajstić information content (AvgIpc) is 2.14. The summed E-state index contributed by atoms with van der Waals surface area (Å²) in [5.41, 5.74) is -0.0368. The molecule has 2 heteroatoms. The lowest BCUT2D eigenvalue weighted by Crippen LogP contribution is -2.60. The number of hydrogen-bond donors (Lipinski definition) is 2. The highest BCUT2D eigenvalue weighted by molar-refractivity contribution is 5.20. The minimum atomic E-state index is -0.0542. The van der Waals surface area contributed by atoms with Gasteiger partial charge in [-0.3, -0.25) is 0 Å². The molecule has 82 valence electrons. The molecule has 0 saturated carbocycles. The molecule has 14 heavy (non-hydrogen) atoms. The summed E-state index contributed by atoms with van der Waals surface area (Å²) in [6, 6.07) is 0. The van der Waals surface area contributed by atoms with E-state index in [9.17, 15) is 5.11 Å². The Hall–Kier alpha value is -0.500.